The maximum absolute atomic E-state index is 12.1. The highest BCUT2D eigenvalue weighted by Gasteiger charge is 2.22. The molecule has 1 N–H and O–H groups in total. The Morgan fingerprint density at radius 1 is 1.22 bits per heavy atom. The fourth-order valence-corrected chi connectivity index (χ4v) is 3.59. The first-order valence-electron chi connectivity index (χ1n) is 9.42. The molecule has 1 fully saturated rings. The first-order valence-corrected chi connectivity index (χ1v) is 9.42. The molecule has 1 saturated carbocycles. The van der Waals surface area contributed by atoms with E-state index < -0.39 is 0 Å². The molecule has 7 heteroatoms. The number of carbonyl (C=O) groups is 1. The van der Waals surface area contributed by atoms with Gasteiger partial charge in [-0.05, 0) is 37.0 Å². The number of amides is 1. The Bertz CT molecular complexity index is 803. The Hall–Kier alpha value is -2.54. The van der Waals surface area contributed by atoms with E-state index in [2.05, 4.69) is 17.4 Å². The predicted octanol–water partition coefficient (Wildman–Crippen LogP) is 3.28. The van der Waals surface area contributed by atoms with Crippen LogP contribution < -0.4 is 14.8 Å². The number of nitrogens with one attached hydrogen (secondary N) is 1. The summed E-state index contributed by atoms with van der Waals surface area (Å²) in [6, 6.07) is 7.65. The number of ether oxygens (including phenoxy) is 3. The summed E-state index contributed by atoms with van der Waals surface area (Å²) in [6.07, 6.45) is 4.65. The molecule has 1 aromatic heterocycles. The Labute approximate surface area is 158 Å². The van der Waals surface area contributed by atoms with E-state index in [9.17, 15) is 4.79 Å². The van der Waals surface area contributed by atoms with Gasteiger partial charge < -0.3 is 24.1 Å². The van der Waals surface area contributed by atoms with E-state index in [0.717, 1.165) is 17.7 Å². The summed E-state index contributed by atoms with van der Waals surface area (Å²) < 4.78 is 21.6. The zero-order valence-corrected chi connectivity index (χ0v) is 15.4. The van der Waals surface area contributed by atoms with Crippen molar-refractivity contribution < 1.29 is 23.5 Å². The molecule has 1 amide bonds. The van der Waals surface area contributed by atoms with Gasteiger partial charge in [0.15, 0.2) is 17.3 Å². The lowest BCUT2D eigenvalue weighted by Gasteiger charge is -2.29. The molecule has 1 aliphatic heterocycles. The Balaban J connectivity index is 1.26. The minimum atomic E-state index is -0.0757. The Morgan fingerprint density at radius 2 is 2.07 bits per heavy atom. The molecule has 7 nitrogen and oxygen atoms in total. The highest BCUT2D eigenvalue weighted by atomic mass is 16.7. The first-order chi connectivity index (χ1) is 13.2. The average molecular weight is 372 g/mol. The quantitative estimate of drug-likeness (QED) is 0.838. The van der Waals surface area contributed by atoms with E-state index in [1.54, 1.807) is 6.07 Å². The van der Waals surface area contributed by atoms with Crippen molar-refractivity contribution in [1.82, 2.24) is 10.5 Å². The van der Waals surface area contributed by atoms with Crippen LogP contribution in [0.1, 0.15) is 38.3 Å². The molecule has 0 radical (unpaired) electrons. The summed E-state index contributed by atoms with van der Waals surface area (Å²) in [7, 11) is 0. The lowest BCUT2D eigenvalue weighted by molar-refractivity contribution is -0.127. The molecule has 144 valence electrons. The highest BCUT2D eigenvalue weighted by Crippen LogP contribution is 2.36. The molecule has 1 aromatic carbocycles. The van der Waals surface area contributed by atoms with Gasteiger partial charge in [0.25, 0.3) is 0 Å². The molecule has 1 aliphatic carbocycles. The van der Waals surface area contributed by atoms with Crippen molar-refractivity contribution in [2.24, 2.45) is 5.92 Å². The summed E-state index contributed by atoms with van der Waals surface area (Å²) in [5.41, 5.74) is 1.49. The zero-order chi connectivity index (χ0) is 18.6. The monoisotopic (exact) mass is 372 g/mol. The minimum absolute atomic E-state index is 0.0233. The number of aromatic nitrogens is 1. The third kappa shape index (κ3) is 4.24. The molecular formula is C20H24N2O5. The van der Waals surface area contributed by atoms with E-state index in [0.29, 0.717) is 23.1 Å². The lowest BCUT2D eigenvalue weighted by Crippen LogP contribution is -2.42. The molecule has 2 heterocycles. The van der Waals surface area contributed by atoms with Gasteiger partial charge >= 0.3 is 0 Å². The Morgan fingerprint density at radius 3 is 2.96 bits per heavy atom. The molecule has 2 aliphatic rings. The lowest BCUT2D eigenvalue weighted by atomic mass is 9.86. The number of carbonyl (C=O) groups excluding carboxylic acids is 1. The van der Waals surface area contributed by atoms with Crippen LogP contribution in [0, 0.1) is 5.92 Å². The summed E-state index contributed by atoms with van der Waals surface area (Å²) in [5, 5.41) is 7.08. The van der Waals surface area contributed by atoms with Crippen LogP contribution in [-0.4, -0.2) is 30.5 Å². The fraction of sp³-hybridized carbons (Fsp3) is 0.500. The molecule has 2 atom stereocenters. The van der Waals surface area contributed by atoms with Crippen molar-refractivity contribution in [3.05, 3.63) is 30.0 Å². The van der Waals surface area contributed by atoms with E-state index in [-0.39, 0.29) is 32.0 Å². The number of benzene rings is 1. The normalized spacial score (nSPS) is 21.2. The van der Waals surface area contributed by atoms with Crippen LogP contribution >= 0.6 is 0 Å². The van der Waals surface area contributed by atoms with Crippen molar-refractivity contribution in [3.63, 3.8) is 0 Å². The molecule has 2 unspecified atom stereocenters. The van der Waals surface area contributed by atoms with Crippen molar-refractivity contribution in [1.29, 1.82) is 0 Å². The van der Waals surface area contributed by atoms with Crippen LogP contribution in [0.4, 0.5) is 0 Å². The number of rotatable bonds is 6. The number of hydrogen-bond donors (Lipinski definition) is 1. The number of fused-ring (bicyclic) bond motifs is 1. The second-order valence-corrected chi connectivity index (χ2v) is 7.18. The second-order valence-electron chi connectivity index (χ2n) is 7.18. The average Bonchev–Trinajstić information content (AvgIpc) is 3.32. The summed E-state index contributed by atoms with van der Waals surface area (Å²) >= 11 is 0. The summed E-state index contributed by atoms with van der Waals surface area (Å²) in [6.45, 7) is 2.67. The summed E-state index contributed by atoms with van der Waals surface area (Å²) in [4.78, 5) is 12.1. The zero-order valence-electron chi connectivity index (χ0n) is 15.4. The maximum atomic E-state index is 12.1. The number of nitrogens with zero attached hydrogens (tertiary/aromatic N) is 1. The molecule has 2 aromatic rings. The van der Waals surface area contributed by atoms with E-state index in [4.69, 9.17) is 18.7 Å². The molecule has 0 saturated heterocycles. The smallest absolute Gasteiger partial charge is 0.246 e. The van der Waals surface area contributed by atoms with Crippen LogP contribution in [0.5, 0.6) is 11.5 Å². The van der Waals surface area contributed by atoms with Crippen LogP contribution in [0.2, 0.25) is 0 Å². The molecule has 0 spiro atoms. The van der Waals surface area contributed by atoms with Gasteiger partial charge in [0.2, 0.25) is 12.7 Å². The maximum Gasteiger partial charge on any atom is 0.246 e. The van der Waals surface area contributed by atoms with Gasteiger partial charge in [-0.15, -0.1) is 0 Å². The molecule has 27 heavy (non-hydrogen) atoms. The number of hydrogen-bond acceptors (Lipinski definition) is 6. The minimum Gasteiger partial charge on any atom is -0.454 e. The third-order valence-corrected chi connectivity index (χ3v) is 5.16. The molecular weight excluding hydrogens is 348 g/mol. The van der Waals surface area contributed by atoms with Crippen LogP contribution in [0.15, 0.2) is 28.8 Å². The van der Waals surface area contributed by atoms with Gasteiger partial charge in [0, 0.05) is 17.7 Å². The van der Waals surface area contributed by atoms with Gasteiger partial charge in [-0.2, -0.15) is 0 Å². The predicted molar refractivity (Wildman–Crippen MR) is 97.3 cm³/mol. The first kappa shape index (κ1) is 17.9. The SMILES string of the molecule is CC1CCCCC1NC(=O)COCc1cc(-c2ccc3c(c2)OCO3)on1. The largest absolute Gasteiger partial charge is 0.454 e. The van der Waals surface area contributed by atoms with E-state index in [1.165, 1.54) is 19.3 Å². The van der Waals surface area contributed by atoms with Crippen LogP contribution in [-0.2, 0) is 16.1 Å². The van der Waals surface area contributed by atoms with Crippen LogP contribution in [0.25, 0.3) is 11.3 Å². The second kappa shape index (κ2) is 8.00. The van der Waals surface area contributed by atoms with Crippen molar-refractivity contribution in [3.8, 4) is 22.8 Å². The van der Waals surface area contributed by atoms with Crippen LogP contribution in [0.3, 0.4) is 0 Å². The van der Waals surface area contributed by atoms with Gasteiger partial charge in [0.1, 0.15) is 12.3 Å². The fourth-order valence-electron chi connectivity index (χ4n) is 3.59. The Kier molecular flexibility index (Phi) is 5.29. The van der Waals surface area contributed by atoms with Gasteiger partial charge in [-0.25, -0.2) is 0 Å². The molecule has 0 bridgehead atoms. The summed E-state index contributed by atoms with van der Waals surface area (Å²) in [5.74, 6) is 2.48. The van der Waals surface area contributed by atoms with E-state index >= 15 is 0 Å². The standard InChI is InChI=1S/C20H24N2O5/c1-13-4-2-3-5-16(13)21-20(23)11-24-10-15-9-18(27-22-15)14-6-7-17-19(8-14)26-12-25-17/h6-9,13,16H,2-5,10-12H2,1H3,(H,21,23). The van der Waals surface area contributed by atoms with Gasteiger partial charge in [-0.3, -0.25) is 4.79 Å². The van der Waals surface area contributed by atoms with Gasteiger partial charge in [0.05, 0.1) is 6.61 Å². The van der Waals surface area contributed by atoms with Gasteiger partial charge in [-0.1, -0.05) is 24.9 Å². The van der Waals surface area contributed by atoms with Crippen molar-refractivity contribution in [2.75, 3.05) is 13.4 Å². The third-order valence-electron chi connectivity index (χ3n) is 5.16. The highest BCUT2D eigenvalue weighted by molar-refractivity contribution is 5.77. The van der Waals surface area contributed by atoms with Crippen molar-refractivity contribution in [2.45, 2.75) is 45.3 Å². The van der Waals surface area contributed by atoms with E-state index in [1.807, 2.05) is 18.2 Å². The molecule has 4 rings (SSSR count). The van der Waals surface area contributed by atoms with Crippen molar-refractivity contribution >= 4 is 5.91 Å². The topological polar surface area (TPSA) is 82.8 Å².